The number of nitrogens with zero attached hydrogens (tertiary/aromatic N) is 2. The maximum Gasteiger partial charge on any atom is 0.309 e. The van der Waals surface area contributed by atoms with E-state index in [-0.39, 0.29) is 11.9 Å². The molecule has 0 spiro atoms. The lowest BCUT2D eigenvalue weighted by atomic mass is 9.97. The number of carbonyl (C=O) groups excluding carboxylic acids is 1. The lowest BCUT2D eigenvalue weighted by Crippen LogP contribution is -2.36. The van der Waals surface area contributed by atoms with Crippen LogP contribution in [0.4, 0.5) is 0 Å². The topological polar surface area (TPSA) is 58.2 Å². The number of benzene rings is 1. The van der Waals surface area contributed by atoms with Crippen molar-refractivity contribution in [1.82, 2.24) is 14.9 Å². The molecule has 1 aromatic carbocycles. The number of aromatic amines is 1. The zero-order valence-corrected chi connectivity index (χ0v) is 13.5. The van der Waals surface area contributed by atoms with Crippen LogP contribution >= 0.6 is 0 Å². The van der Waals surface area contributed by atoms with Crippen LogP contribution in [0.2, 0.25) is 0 Å². The number of imidazole rings is 1. The number of hydrogen-bond acceptors (Lipinski definition) is 4. The average Bonchev–Trinajstić information content (AvgIpc) is 3.05. The summed E-state index contributed by atoms with van der Waals surface area (Å²) in [5.41, 5.74) is 2.21. The zero-order chi connectivity index (χ0) is 16.1. The first-order valence-corrected chi connectivity index (χ1v) is 8.24. The van der Waals surface area contributed by atoms with E-state index >= 15 is 0 Å². The number of ether oxygens (including phenoxy) is 1. The SMILES string of the molecule is CCOC(=O)C1CCN(Cc2cnc(-c3ccccc3)[nH]2)CC1. The van der Waals surface area contributed by atoms with Crippen LogP contribution in [-0.4, -0.2) is 40.5 Å². The molecule has 3 rings (SSSR count). The molecule has 1 saturated heterocycles. The summed E-state index contributed by atoms with van der Waals surface area (Å²) in [5, 5.41) is 0. The molecule has 2 aromatic rings. The van der Waals surface area contributed by atoms with Crippen molar-refractivity contribution < 1.29 is 9.53 Å². The minimum atomic E-state index is -0.0416. The van der Waals surface area contributed by atoms with Crippen molar-refractivity contribution in [2.24, 2.45) is 5.92 Å². The smallest absolute Gasteiger partial charge is 0.309 e. The van der Waals surface area contributed by atoms with E-state index in [0.29, 0.717) is 6.61 Å². The lowest BCUT2D eigenvalue weighted by Gasteiger charge is -2.30. The number of rotatable bonds is 5. The van der Waals surface area contributed by atoms with Crippen molar-refractivity contribution in [3.8, 4) is 11.4 Å². The highest BCUT2D eigenvalue weighted by Gasteiger charge is 2.26. The fraction of sp³-hybridized carbons (Fsp3) is 0.444. The van der Waals surface area contributed by atoms with E-state index in [1.807, 2.05) is 43.5 Å². The second-order valence-corrected chi connectivity index (χ2v) is 5.93. The maximum absolute atomic E-state index is 11.8. The number of carbonyl (C=O) groups is 1. The molecule has 1 N–H and O–H groups in total. The first-order valence-electron chi connectivity index (χ1n) is 8.24. The van der Waals surface area contributed by atoms with Gasteiger partial charge in [-0.15, -0.1) is 0 Å². The van der Waals surface area contributed by atoms with E-state index in [0.717, 1.165) is 49.6 Å². The van der Waals surface area contributed by atoms with Gasteiger partial charge >= 0.3 is 5.97 Å². The summed E-state index contributed by atoms with van der Waals surface area (Å²) < 4.78 is 5.11. The van der Waals surface area contributed by atoms with Crippen LogP contribution in [-0.2, 0) is 16.1 Å². The van der Waals surface area contributed by atoms with Gasteiger partial charge in [0.05, 0.1) is 12.5 Å². The first-order chi connectivity index (χ1) is 11.3. The Kier molecular flexibility index (Phi) is 5.08. The highest BCUT2D eigenvalue weighted by molar-refractivity contribution is 5.72. The van der Waals surface area contributed by atoms with Crippen LogP contribution < -0.4 is 0 Å². The summed E-state index contributed by atoms with van der Waals surface area (Å²) in [5.74, 6) is 0.926. The number of likely N-dealkylation sites (tertiary alicyclic amines) is 1. The summed E-state index contributed by atoms with van der Waals surface area (Å²) >= 11 is 0. The van der Waals surface area contributed by atoms with Crippen LogP contribution in [0.1, 0.15) is 25.5 Å². The second kappa shape index (κ2) is 7.42. The standard InChI is InChI=1S/C18H23N3O2/c1-2-23-18(22)15-8-10-21(11-9-15)13-16-12-19-17(20-16)14-6-4-3-5-7-14/h3-7,12,15H,2,8-11,13H2,1H3,(H,19,20). The Labute approximate surface area is 136 Å². The summed E-state index contributed by atoms with van der Waals surface area (Å²) in [4.78, 5) is 22.0. The summed E-state index contributed by atoms with van der Waals surface area (Å²) in [6, 6.07) is 10.1. The molecule has 1 aliphatic heterocycles. The maximum atomic E-state index is 11.8. The van der Waals surface area contributed by atoms with Crippen LogP contribution in [0.25, 0.3) is 11.4 Å². The Hall–Kier alpha value is -2.14. The van der Waals surface area contributed by atoms with Crippen molar-refractivity contribution >= 4 is 5.97 Å². The predicted octanol–water partition coefficient (Wildman–Crippen LogP) is 2.85. The number of hydrogen-bond donors (Lipinski definition) is 1. The normalized spacial score (nSPS) is 16.4. The molecule has 0 unspecified atom stereocenters. The van der Waals surface area contributed by atoms with Gasteiger partial charge in [-0.2, -0.15) is 0 Å². The second-order valence-electron chi connectivity index (χ2n) is 5.93. The van der Waals surface area contributed by atoms with Gasteiger partial charge in [0.1, 0.15) is 5.82 Å². The third kappa shape index (κ3) is 3.99. The van der Waals surface area contributed by atoms with E-state index in [2.05, 4.69) is 14.9 Å². The minimum Gasteiger partial charge on any atom is -0.466 e. The molecule has 0 amide bonds. The van der Waals surface area contributed by atoms with E-state index in [4.69, 9.17) is 4.74 Å². The third-order valence-electron chi connectivity index (χ3n) is 4.28. The average molecular weight is 313 g/mol. The Bertz CT molecular complexity index is 631. The number of aromatic nitrogens is 2. The number of esters is 1. The van der Waals surface area contributed by atoms with E-state index < -0.39 is 0 Å². The van der Waals surface area contributed by atoms with Gasteiger partial charge < -0.3 is 9.72 Å². The van der Waals surface area contributed by atoms with Crippen LogP contribution in [0.5, 0.6) is 0 Å². The molecular weight excluding hydrogens is 290 g/mol. The fourth-order valence-electron chi connectivity index (χ4n) is 3.01. The molecule has 5 nitrogen and oxygen atoms in total. The van der Waals surface area contributed by atoms with Crippen molar-refractivity contribution in [1.29, 1.82) is 0 Å². The van der Waals surface area contributed by atoms with Gasteiger partial charge in [-0.25, -0.2) is 4.98 Å². The fourth-order valence-corrected chi connectivity index (χ4v) is 3.01. The van der Waals surface area contributed by atoms with Crippen molar-refractivity contribution in [2.45, 2.75) is 26.3 Å². The van der Waals surface area contributed by atoms with Gasteiger partial charge in [0, 0.05) is 24.0 Å². The molecule has 0 saturated carbocycles. The van der Waals surface area contributed by atoms with Crippen LogP contribution in [0.3, 0.4) is 0 Å². The van der Waals surface area contributed by atoms with E-state index in [9.17, 15) is 4.79 Å². The monoisotopic (exact) mass is 313 g/mol. The number of nitrogens with one attached hydrogen (secondary N) is 1. The van der Waals surface area contributed by atoms with Crippen molar-refractivity contribution in [3.05, 3.63) is 42.2 Å². The quantitative estimate of drug-likeness (QED) is 0.862. The molecule has 0 atom stereocenters. The molecular formula is C18H23N3O2. The van der Waals surface area contributed by atoms with Crippen molar-refractivity contribution in [3.63, 3.8) is 0 Å². The minimum absolute atomic E-state index is 0.0416. The van der Waals surface area contributed by atoms with Crippen LogP contribution in [0.15, 0.2) is 36.5 Å². The van der Waals surface area contributed by atoms with Gasteiger partial charge in [0.15, 0.2) is 0 Å². The number of piperidine rings is 1. The zero-order valence-electron chi connectivity index (χ0n) is 13.5. The first kappa shape index (κ1) is 15.7. The van der Waals surface area contributed by atoms with Crippen molar-refractivity contribution in [2.75, 3.05) is 19.7 Å². The Morgan fingerprint density at radius 1 is 1.30 bits per heavy atom. The Morgan fingerprint density at radius 3 is 2.74 bits per heavy atom. The largest absolute Gasteiger partial charge is 0.466 e. The van der Waals surface area contributed by atoms with Crippen LogP contribution in [0, 0.1) is 5.92 Å². The predicted molar refractivity (Wildman–Crippen MR) is 88.7 cm³/mol. The summed E-state index contributed by atoms with van der Waals surface area (Å²) in [6.45, 7) is 5.01. The molecule has 122 valence electrons. The molecule has 0 aliphatic carbocycles. The van der Waals surface area contributed by atoms with Gasteiger partial charge in [0.2, 0.25) is 0 Å². The van der Waals surface area contributed by atoms with Gasteiger partial charge in [0.25, 0.3) is 0 Å². The van der Waals surface area contributed by atoms with E-state index in [1.165, 1.54) is 0 Å². The highest BCUT2D eigenvalue weighted by Crippen LogP contribution is 2.21. The molecule has 1 aromatic heterocycles. The van der Waals surface area contributed by atoms with Gasteiger partial charge in [-0.3, -0.25) is 9.69 Å². The molecule has 2 heterocycles. The molecule has 5 heteroatoms. The lowest BCUT2D eigenvalue weighted by molar-refractivity contribution is -0.149. The molecule has 23 heavy (non-hydrogen) atoms. The molecule has 1 aliphatic rings. The molecule has 0 radical (unpaired) electrons. The number of H-pyrrole nitrogens is 1. The highest BCUT2D eigenvalue weighted by atomic mass is 16.5. The van der Waals surface area contributed by atoms with E-state index in [1.54, 1.807) is 0 Å². The summed E-state index contributed by atoms with van der Waals surface area (Å²) in [6.07, 6.45) is 3.65. The Balaban J connectivity index is 1.53. The van der Waals surface area contributed by atoms with Gasteiger partial charge in [-0.05, 0) is 32.9 Å². The molecule has 1 fully saturated rings. The molecule has 0 bridgehead atoms. The summed E-state index contributed by atoms with van der Waals surface area (Å²) in [7, 11) is 0. The Morgan fingerprint density at radius 2 is 2.04 bits per heavy atom. The third-order valence-corrected chi connectivity index (χ3v) is 4.28. The van der Waals surface area contributed by atoms with Gasteiger partial charge in [-0.1, -0.05) is 30.3 Å².